The second kappa shape index (κ2) is 11.1. The van der Waals surface area contributed by atoms with Crippen LogP contribution in [0.3, 0.4) is 0 Å². The van der Waals surface area contributed by atoms with Crippen LogP contribution in [0.4, 0.5) is 9.18 Å². The molecule has 0 bridgehead atoms. The molecule has 37 heavy (non-hydrogen) atoms. The van der Waals surface area contributed by atoms with E-state index in [2.05, 4.69) is 10.3 Å². The summed E-state index contributed by atoms with van der Waals surface area (Å²) in [7, 11) is 1.43. The summed E-state index contributed by atoms with van der Waals surface area (Å²) >= 11 is 6.50. The maximum atomic E-state index is 14.5. The lowest BCUT2D eigenvalue weighted by atomic mass is 10.0. The predicted molar refractivity (Wildman–Crippen MR) is 139 cm³/mol. The molecule has 4 rings (SSSR count). The Morgan fingerprint density at radius 1 is 1.16 bits per heavy atom. The predicted octanol–water partition coefficient (Wildman–Crippen LogP) is 4.75. The summed E-state index contributed by atoms with van der Waals surface area (Å²) in [4.78, 5) is 45.3. The minimum atomic E-state index is -0.675. The van der Waals surface area contributed by atoms with Gasteiger partial charge in [-0.05, 0) is 43.7 Å². The van der Waals surface area contributed by atoms with Crippen LogP contribution >= 0.6 is 11.6 Å². The normalized spacial score (nSPS) is 15.5. The Labute approximate surface area is 219 Å². The highest BCUT2D eigenvalue weighted by Crippen LogP contribution is 2.30. The fraction of sp³-hybridized carbons (Fsp3) is 0.333. The third-order valence-corrected chi connectivity index (χ3v) is 6.63. The van der Waals surface area contributed by atoms with E-state index in [0.717, 1.165) is 6.42 Å². The van der Waals surface area contributed by atoms with E-state index >= 15 is 0 Å². The maximum Gasteiger partial charge on any atom is 0.409 e. The first-order valence-electron chi connectivity index (χ1n) is 12.1. The van der Waals surface area contributed by atoms with Gasteiger partial charge in [0.05, 0.1) is 28.4 Å². The van der Waals surface area contributed by atoms with Crippen molar-refractivity contribution in [3.8, 4) is 11.3 Å². The van der Waals surface area contributed by atoms with Crippen molar-refractivity contribution < 1.29 is 23.5 Å². The number of piperazine rings is 1. The number of carbonyl (C=O) groups is 3. The lowest BCUT2D eigenvalue weighted by molar-refractivity contribution is 0.0414. The maximum absolute atomic E-state index is 14.5. The minimum Gasteiger partial charge on any atom is -0.449 e. The fourth-order valence-electron chi connectivity index (χ4n) is 4.33. The Morgan fingerprint density at radius 3 is 2.62 bits per heavy atom. The van der Waals surface area contributed by atoms with E-state index in [1.807, 2.05) is 13.8 Å². The monoisotopic (exact) mass is 526 g/mol. The summed E-state index contributed by atoms with van der Waals surface area (Å²) in [5.74, 6) is -1.38. The molecular formula is C27H28ClFN4O4. The highest BCUT2D eigenvalue weighted by molar-refractivity contribution is 6.35. The SMILES string of the molecule is CCCOC(=O)N1CCN(C(=O)c2ccc3c(Cl)cc(-c4ccc(C(=O)NC)c(F)c4)nc3c2)[C@@H](C)C1. The molecule has 1 fully saturated rings. The number of hydrogen-bond donors (Lipinski definition) is 1. The Morgan fingerprint density at radius 2 is 1.95 bits per heavy atom. The quantitative estimate of drug-likeness (QED) is 0.518. The molecule has 1 N–H and O–H groups in total. The number of hydrogen-bond acceptors (Lipinski definition) is 5. The van der Waals surface area contributed by atoms with Crippen molar-refractivity contribution in [2.75, 3.05) is 33.3 Å². The van der Waals surface area contributed by atoms with Gasteiger partial charge in [-0.2, -0.15) is 0 Å². The number of carbonyl (C=O) groups excluding carboxylic acids is 3. The number of nitrogens with one attached hydrogen (secondary N) is 1. The molecule has 0 spiro atoms. The van der Waals surface area contributed by atoms with Crippen LogP contribution < -0.4 is 5.32 Å². The summed E-state index contributed by atoms with van der Waals surface area (Å²) in [5.41, 5.74) is 1.71. The van der Waals surface area contributed by atoms with Crippen LogP contribution in [-0.4, -0.2) is 72.0 Å². The zero-order valence-electron chi connectivity index (χ0n) is 20.9. The highest BCUT2D eigenvalue weighted by Gasteiger charge is 2.31. The molecular weight excluding hydrogens is 499 g/mol. The van der Waals surface area contributed by atoms with Crippen LogP contribution in [0.1, 0.15) is 41.0 Å². The average Bonchev–Trinajstić information content (AvgIpc) is 2.90. The van der Waals surface area contributed by atoms with Crippen molar-refractivity contribution >= 4 is 40.4 Å². The standard InChI is InChI=1S/C27H28ClFN4O4/c1-4-11-37-27(36)32-9-10-33(16(2)15-32)26(35)18-6-7-19-21(28)14-23(31-24(19)13-18)17-5-8-20(22(29)12-17)25(34)30-3/h5-8,12-14,16H,4,9-11,15H2,1-3H3,(H,30,34)/t16-/m0/s1. The Balaban J connectivity index is 1.58. The van der Waals surface area contributed by atoms with E-state index in [9.17, 15) is 18.8 Å². The van der Waals surface area contributed by atoms with Crippen LogP contribution in [0.15, 0.2) is 42.5 Å². The van der Waals surface area contributed by atoms with E-state index in [-0.39, 0.29) is 23.6 Å². The van der Waals surface area contributed by atoms with Crippen molar-refractivity contribution in [1.82, 2.24) is 20.1 Å². The molecule has 0 saturated carbocycles. The lowest BCUT2D eigenvalue weighted by Gasteiger charge is -2.39. The molecule has 1 atom stereocenters. The molecule has 194 valence electrons. The number of halogens is 2. The molecule has 3 aromatic rings. The smallest absolute Gasteiger partial charge is 0.409 e. The number of rotatable bonds is 5. The molecule has 8 nitrogen and oxygen atoms in total. The highest BCUT2D eigenvalue weighted by atomic mass is 35.5. The number of amides is 3. The zero-order valence-corrected chi connectivity index (χ0v) is 21.6. The number of aromatic nitrogens is 1. The summed E-state index contributed by atoms with van der Waals surface area (Å²) < 4.78 is 19.8. The number of ether oxygens (including phenoxy) is 1. The molecule has 2 heterocycles. The van der Waals surface area contributed by atoms with E-state index in [1.165, 1.54) is 19.2 Å². The molecule has 1 aliphatic rings. The molecule has 10 heteroatoms. The van der Waals surface area contributed by atoms with Gasteiger partial charge in [0.15, 0.2) is 0 Å². The van der Waals surface area contributed by atoms with Gasteiger partial charge in [0, 0.05) is 49.2 Å². The van der Waals surface area contributed by atoms with Crippen LogP contribution in [0.5, 0.6) is 0 Å². The largest absolute Gasteiger partial charge is 0.449 e. The molecule has 1 aromatic heterocycles. The Bertz CT molecular complexity index is 1370. The van der Waals surface area contributed by atoms with Crippen LogP contribution in [0, 0.1) is 5.82 Å². The van der Waals surface area contributed by atoms with Gasteiger partial charge in [0.25, 0.3) is 11.8 Å². The second-order valence-electron chi connectivity index (χ2n) is 8.90. The summed E-state index contributed by atoms with van der Waals surface area (Å²) in [6.07, 6.45) is 0.384. The van der Waals surface area contributed by atoms with Gasteiger partial charge in [0.1, 0.15) is 5.82 Å². The molecule has 0 unspecified atom stereocenters. The van der Waals surface area contributed by atoms with Gasteiger partial charge in [-0.1, -0.05) is 30.7 Å². The molecule has 3 amide bonds. The summed E-state index contributed by atoms with van der Waals surface area (Å²) in [6.45, 7) is 5.34. The topological polar surface area (TPSA) is 91.8 Å². The second-order valence-corrected chi connectivity index (χ2v) is 9.31. The first-order chi connectivity index (χ1) is 17.7. The number of nitrogens with zero attached hydrogens (tertiary/aromatic N) is 3. The molecule has 0 radical (unpaired) electrons. The van der Waals surface area contributed by atoms with Crippen molar-refractivity contribution in [1.29, 1.82) is 0 Å². The van der Waals surface area contributed by atoms with Gasteiger partial charge in [0.2, 0.25) is 0 Å². The number of pyridine rings is 1. The minimum absolute atomic E-state index is 0.0705. The third-order valence-electron chi connectivity index (χ3n) is 6.32. The van der Waals surface area contributed by atoms with Crippen molar-refractivity contribution in [2.24, 2.45) is 0 Å². The average molecular weight is 527 g/mol. The zero-order chi connectivity index (χ0) is 26.7. The Kier molecular flexibility index (Phi) is 7.92. The van der Waals surface area contributed by atoms with E-state index in [0.29, 0.717) is 59.0 Å². The van der Waals surface area contributed by atoms with Gasteiger partial charge in [-0.15, -0.1) is 0 Å². The lowest BCUT2D eigenvalue weighted by Crippen LogP contribution is -2.55. The third kappa shape index (κ3) is 5.51. The van der Waals surface area contributed by atoms with E-state index in [1.54, 1.807) is 40.1 Å². The van der Waals surface area contributed by atoms with Gasteiger partial charge in [-0.25, -0.2) is 14.2 Å². The van der Waals surface area contributed by atoms with Crippen LogP contribution in [-0.2, 0) is 4.74 Å². The first-order valence-corrected chi connectivity index (χ1v) is 12.5. The molecule has 0 aliphatic carbocycles. The molecule has 1 aliphatic heterocycles. The van der Waals surface area contributed by atoms with Crippen LogP contribution in [0.2, 0.25) is 5.02 Å². The fourth-order valence-corrected chi connectivity index (χ4v) is 4.59. The van der Waals surface area contributed by atoms with Gasteiger partial charge in [-0.3, -0.25) is 9.59 Å². The van der Waals surface area contributed by atoms with E-state index < -0.39 is 11.7 Å². The number of fused-ring (bicyclic) bond motifs is 1. The van der Waals surface area contributed by atoms with Crippen LogP contribution in [0.25, 0.3) is 22.2 Å². The Hall–Kier alpha value is -3.72. The van der Waals surface area contributed by atoms with Gasteiger partial charge < -0.3 is 19.9 Å². The summed E-state index contributed by atoms with van der Waals surface area (Å²) in [6, 6.07) is 10.7. The summed E-state index contributed by atoms with van der Waals surface area (Å²) in [5, 5.41) is 3.46. The number of benzene rings is 2. The molecule has 2 aromatic carbocycles. The van der Waals surface area contributed by atoms with E-state index in [4.69, 9.17) is 16.3 Å². The van der Waals surface area contributed by atoms with Crippen molar-refractivity contribution in [2.45, 2.75) is 26.3 Å². The van der Waals surface area contributed by atoms with Crippen molar-refractivity contribution in [3.63, 3.8) is 0 Å². The van der Waals surface area contributed by atoms with Crippen molar-refractivity contribution in [3.05, 3.63) is 64.4 Å². The molecule has 1 saturated heterocycles. The van der Waals surface area contributed by atoms with Gasteiger partial charge >= 0.3 is 6.09 Å². The first kappa shape index (κ1) is 26.3.